The van der Waals surface area contributed by atoms with Crippen LogP contribution in [0.15, 0.2) is 35.5 Å². The van der Waals surface area contributed by atoms with Crippen molar-refractivity contribution in [2.75, 3.05) is 14.2 Å². The Morgan fingerprint density at radius 1 is 1.25 bits per heavy atom. The van der Waals surface area contributed by atoms with E-state index in [1.165, 1.54) is 12.7 Å². The Bertz CT molecular complexity index is 470. The summed E-state index contributed by atoms with van der Waals surface area (Å²) < 4.78 is 4.83. The Kier molecular flexibility index (Phi) is 5.16. The molecular weight excluding hydrogens is 254 g/mol. The number of hydrogen-bond acceptors (Lipinski definition) is 4. The fourth-order valence-electron chi connectivity index (χ4n) is 2.81. The molecule has 4 nitrogen and oxygen atoms in total. The van der Waals surface area contributed by atoms with Crippen LogP contribution in [0.1, 0.15) is 24.8 Å². The number of nitrogens with zero attached hydrogens (tertiary/aromatic N) is 1. The van der Waals surface area contributed by atoms with Gasteiger partial charge in [0.05, 0.1) is 18.7 Å². The Balaban J connectivity index is 2.06. The van der Waals surface area contributed by atoms with Crippen LogP contribution in [-0.4, -0.2) is 25.9 Å². The maximum Gasteiger partial charge on any atom is 0.309 e. The second-order valence-corrected chi connectivity index (χ2v) is 5.15. The lowest BCUT2D eigenvalue weighted by molar-refractivity contribution is -0.145. The molecule has 1 aromatic carbocycles. The first-order valence-electron chi connectivity index (χ1n) is 6.96. The van der Waals surface area contributed by atoms with E-state index in [1.807, 2.05) is 18.2 Å². The van der Waals surface area contributed by atoms with Gasteiger partial charge in [-0.2, -0.15) is 0 Å². The maximum absolute atomic E-state index is 11.7. The summed E-state index contributed by atoms with van der Waals surface area (Å²) in [7, 11) is 2.99. The predicted molar refractivity (Wildman–Crippen MR) is 77.4 cm³/mol. The number of carbonyl (C=O) groups is 1. The highest BCUT2D eigenvalue weighted by Crippen LogP contribution is 2.30. The zero-order valence-corrected chi connectivity index (χ0v) is 12.0. The van der Waals surface area contributed by atoms with E-state index in [0.717, 1.165) is 25.0 Å². The molecule has 1 saturated carbocycles. The van der Waals surface area contributed by atoms with Gasteiger partial charge in [-0.05, 0) is 24.8 Å². The minimum absolute atomic E-state index is 0.0825. The van der Waals surface area contributed by atoms with Crippen molar-refractivity contribution in [3.8, 4) is 0 Å². The van der Waals surface area contributed by atoms with Crippen molar-refractivity contribution in [2.45, 2.75) is 25.7 Å². The van der Waals surface area contributed by atoms with Crippen molar-refractivity contribution in [1.29, 1.82) is 0 Å². The summed E-state index contributed by atoms with van der Waals surface area (Å²) in [6.45, 7) is 0. The average molecular weight is 275 g/mol. The van der Waals surface area contributed by atoms with Gasteiger partial charge in [0.1, 0.15) is 7.11 Å². The molecule has 0 radical (unpaired) electrons. The molecule has 1 aliphatic rings. The SMILES string of the molecule is CON=C1C[C@H](C(=O)OC)CC[C@@H]1Cc1ccccc1. The molecule has 108 valence electrons. The molecule has 1 aromatic rings. The third-order valence-corrected chi connectivity index (χ3v) is 3.86. The van der Waals surface area contributed by atoms with Crippen LogP contribution in [0, 0.1) is 11.8 Å². The molecule has 4 heteroatoms. The summed E-state index contributed by atoms with van der Waals surface area (Å²) in [5, 5.41) is 4.14. The number of hydrogen-bond donors (Lipinski definition) is 0. The van der Waals surface area contributed by atoms with Crippen LogP contribution in [0.5, 0.6) is 0 Å². The van der Waals surface area contributed by atoms with Crippen LogP contribution < -0.4 is 0 Å². The van der Waals surface area contributed by atoms with Gasteiger partial charge in [0.25, 0.3) is 0 Å². The molecule has 0 amide bonds. The molecule has 1 fully saturated rings. The lowest BCUT2D eigenvalue weighted by Crippen LogP contribution is -2.31. The third-order valence-electron chi connectivity index (χ3n) is 3.86. The van der Waals surface area contributed by atoms with E-state index in [2.05, 4.69) is 17.3 Å². The molecule has 0 unspecified atom stereocenters. The van der Waals surface area contributed by atoms with Crippen LogP contribution in [0.25, 0.3) is 0 Å². The van der Waals surface area contributed by atoms with Gasteiger partial charge >= 0.3 is 5.97 Å². The monoisotopic (exact) mass is 275 g/mol. The maximum atomic E-state index is 11.7. The number of ether oxygens (including phenoxy) is 1. The second kappa shape index (κ2) is 7.08. The van der Waals surface area contributed by atoms with Gasteiger partial charge in [0.2, 0.25) is 0 Å². The highest BCUT2D eigenvalue weighted by Gasteiger charge is 2.32. The Morgan fingerprint density at radius 3 is 2.65 bits per heavy atom. The first-order valence-corrected chi connectivity index (χ1v) is 6.96. The summed E-state index contributed by atoms with van der Waals surface area (Å²) in [4.78, 5) is 16.6. The van der Waals surface area contributed by atoms with E-state index in [1.54, 1.807) is 7.11 Å². The molecule has 0 N–H and O–H groups in total. The van der Waals surface area contributed by atoms with Gasteiger partial charge in [0, 0.05) is 12.3 Å². The molecule has 0 heterocycles. The Hall–Kier alpha value is -1.84. The molecule has 2 atom stereocenters. The molecule has 0 spiro atoms. The topological polar surface area (TPSA) is 47.9 Å². The molecular formula is C16H21NO3. The first kappa shape index (κ1) is 14.6. The van der Waals surface area contributed by atoms with Crippen molar-refractivity contribution in [1.82, 2.24) is 0 Å². The molecule has 1 aliphatic carbocycles. The van der Waals surface area contributed by atoms with E-state index in [0.29, 0.717) is 12.3 Å². The van der Waals surface area contributed by atoms with Crippen LogP contribution >= 0.6 is 0 Å². The van der Waals surface area contributed by atoms with Crippen molar-refractivity contribution in [2.24, 2.45) is 17.0 Å². The van der Waals surface area contributed by atoms with Crippen LogP contribution in [0.4, 0.5) is 0 Å². The Morgan fingerprint density at radius 2 is 2.00 bits per heavy atom. The van der Waals surface area contributed by atoms with Gasteiger partial charge in [0.15, 0.2) is 0 Å². The van der Waals surface area contributed by atoms with Crippen molar-refractivity contribution in [3.05, 3.63) is 35.9 Å². The lowest BCUT2D eigenvalue weighted by Gasteiger charge is -2.28. The lowest BCUT2D eigenvalue weighted by atomic mass is 9.78. The number of carbonyl (C=O) groups excluding carboxylic acids is 1. The van der Waals surface area contributed by atoms with E-state index < -0.39 is 0 Å². The third kappa shape index (κ3) is 3.59. The number of rotatable bonds is 4. The largest absolute Gasteiger partial charge is 0.469 e. The van der Waals surface area contributed by atoms with Gasteiger partial charge in [-0.3, -0.25) is 4.79 Å². The molecule has 0 saturated heterocycles. The summed E-state index contributed by atoms with van der Waals surface area (Å²) in [5.74, 6) is 0.117. The highest BCUT2D eigenvalue weighted by molar-refractivity contribution is 5.91. The van der Waals surface area contributed by atoms with Crippen LogP contribution in [-0.2, 0) is 20.8 Å². The minimum atomic E-state index is -0.146. The van der Waals surface area contributed by atoms with Crippen molar-refractivity contribution in [3.63, 3.8) is 0 Å². The first-order chi connectivity index (χ1) is 9.74. The summed E-state index contributed by atoms with van der Waals surface area (Å²) in [5.41, 5.74) is 2.26. The number of methoxy groups -OCH3 is 1. The fourth-order valence-corrected chi connectivity index (χ4v) is 2.81. The quantitative estimate of drug-likeness (QED) is 0.627. The van der Waals surface area contributed by atoms with E-state index >= 15 is 0 Å². The minimum Gasteiger partial charge on any atom is -0.469 e. The zero-order valence-electron chi connectivity index (χ0n) is 12.0. The highest BCUT2D eigenvalue weighted by atomic mass is 16.6. The number of oxime groups is 1. The van der Waals surface area contributed by atoms with Gasteiger partial charge in [-0.25, -0.2) is 0 Å². The summed E-state index contributed by atoms with van der Waals surface area (Å²) >= 11 is 0. The molecule has 0 bridgehead atoms. The van der Waals surface area contributed by atoms with Gasteiger partial charge in [-0.15, -0.1) is 0 Å². The number of esters is 1. The van der Waals surface area contributed by atoms with E-state index in [-0.39, 0.29) is 11.9 Å². The molecule has 0 aliphatic heterocycles. The standard InChI is InChI=1S/C16H21NO3/c1-19-16(18)14-9-8-13(15(11-14)17-20-2)10-12-6-4-3-5-7-12/h3-7,13-14H,8-11H2,1-2H3/t13-,14-/m1/s1. The smallest absolute Gasteiger partial charge is 0.309 e. The molecule has 2 rings (SSSR count). The second-order valence-electron chi connectivity index (χ2n) is 5.15. The van der Waals surface area contributed by atoms with E-state index in [9.17, 15) is 4.79 Å². The van der Waals surface area contributed by atoms with Crippen LogP contribution in [0.2, 0.25) is 0 Å². The van der Waals surface area contributed by atoms with E-state index in [4.69, 9.17) is 9.57 Å². The normalized spacial score (nSPS) is 24.4. The average Bonchev–Trinajstić information content (AvgIpc) is 2.49. The predicted octanol–water partition coefficient (Wildman–Crippen LogP) is 2.82. The van der Waals surface area contributed by atoms with Crippen molar-refractivity contribution >= 4 is 11.7 Å². The zero-order chi connectivity index (χ0) is 14.4. The Labute approximate surface area is 119 Å². The van der Waals surface area contributed by atoms with Gasteiger partial charge < -0.3 is 9.57 Å². The molecule has 20 heavy (non-hydrogen) atoms. The number of benzene rings is 1. The summed E-state index contributed by atoms with van der Waals surface area (Å²) in [6.07, 6.45) is 3.37. The van der Waals surface area contributed by atoms with Crippen LogP contribution in [0.3, 0.4) is 0 Å². The van der Waals surface area contributed by atoms with Gasteiger partial charge in [-0.1, -0.05) is 35.5 Å². The summed E-state index contributed by atoms with van der Waals surface area (Å²) in [6, 6.07) is 10.3. The molecule has 0 aromatic heterocycles. The fraction of sp³-hybridized carbons (Fsp3) is 0.500. The van der Waals surface area contributed by atoms with Crippen molar-refractivity contribution < 1.29 is 14.4 Å².